The van der Waals surface area contributed by atoms with Gasteiger partial charge in [0.1, 0.15) is 0 Å². The van der Waals surface area contributed by atoms with Crippen molar-refractivity contribution in [3.05, 3.63) is 0 Å². The van der Waals surface area contributed by atoms with Crippen molar-refractivity contribution in [2.75, 3.05) is 0 Å². The summed E-state index contributed by atoms with van der Waals surface area (Å²) in [6.45, 7) is 4.09. The van der Waals surface area contributed by atoms with E-state index < -0.39 is 10.4 Å². The quantitative estimate of drug-likeness (QED) is 0.401. The monoisotopic (exact) mass is 294 g/mol. The van der Waals surface area contributed by atoms with Crippen LogP contribution in [0.25, 0.3) is 0 Å². The molecule has 0 fully saturated rings. The van der Waals surface area contributed by atoms with E-state index in [0.717, 1.165) is 12.8 Å². The first-order chi connectivity index (χ1) is 8.99. The molecule has 19 heavy (non-hydrogen) atoms. The van der Waals surface area contributed by atoms with Gasteiger partial charge in [0.05, 0.1) is 6.10 Å². The lowest BCUT2D eigenvalue weighted by atomic mass is 10.0. The average molecular weight is 294 g/mol. The van der Waals surface area contributed by atoms with Crippen LogP contribution in [0.2, 0.25) is 0 Å². The van der Waals surface area contributed by atoms with Crippen molar-refractivity contribution in [3.63, 3.8) is 0 Å². The summed E-state index contributed by atoms with van der Waals surface area (Å²) in [4.78, 5) is 0. The number of rotatable bonds is 13. The van der Waals surface area contributed by atoms with Gasteiger partial charge in [-0.3, -0.25) is 4.55 Å². The largest absolute Gasteiger partial charge is 0.397 e. The van der Waals surface area contributed by atoms with Crippen LogP contribution in [-0.4, -0.2) is 19.1 Å². The predicted molar refractivity (Wildman–Crippen MR) is 78.6 cm³/mol. The van der Waals surface area contributed by atoms with E-state index in [1.807, 2.05) is 6.92 Å². The summed E-state index contributed by atoms with van der Waals surface area (Å²) in [6, 6.07) is 0. The highest BCUT2D eigenvalue weighted by Gasteiger charge is 2.14. The average Bonchev–Trinajstić information content (AvgIpc) is 2.34. The zero-order chi connectivity index (χ0) is 14.6. The van der Waals surface area contributed by atoms with Gasteiger partial charge < -0.3 is 0 Å². The lowest BCUT2D eigenvalue weighted by molar-refractivity contribution is 0.165. The highest BCUT2D eigenvalue weighted by Crippen LogP contribution is 2.14. The molecule has 0 spiro atoms. The standard InChI is InChI=1S/C14H30O4S/c1-3-5-6-7-8-9-10-11-12-13-14(4-2)18-19(15,16)17/h14H,3-13H2,1-2H3,(H,15,16,17). The summed E-state index contributed by atoms with van der Waals surface area (Å²) in [5, 5.41) is 0. The molecular formula is C14H30O4S. The van der Waals surface area contributed by atoms with Crippen LogP contribution in [0, 0.1) is 0 Å². The van der Waals surface area contributed by atoms with Crippen LogP contribution in [-0.2, 0) is 14.6 Å². The molecule has 0 aliphatic carbocycles. The maximum absolute atomic E-state index is 10.6. The number of hydrogen-bond acceptors (Lipinski definition) is 3. The fourth-order valence-electron chi connectivity index (χ4n) is 2.17. The molecule has 0 heterocycles. The molecule has 0 amide bonds. The summed E-state index contributed by atoms with van der Waals surface area (Å²) < 4.78 is 34.4. The Labute approximate surface area is 118 Å². The Balaban J connectivity index is 3.41. The van der Waals surface area contributed by atoms with Gasteiger partial charge in [0.25, 0.3) is 0 Å². The van der Waals surface area contributed by atoms with E-state index in [1.165, 1.54) is 44.9 Å². The maximum Gasteiger partial charge on any atom is 0.397 e. The number of unbranched alkanes of at least 4 members (excludes halogenated alkanes) is 8. The highest BCUT2D eigenvalue weighted by molar-refractivity contribution is 7.80. The summed E-state index contributed by atoms with van der Waals surface area (Å²) in [7, 11) is -4.30. The third kappa shape index (κ3) is 14.1. The zero-order valence-electron chi connectivity index (χ0n) is 12.4. The van der Waals surface area contributed by atoms with Crippen LogP contribution in [0.3, 0.4) is 0 Å². The fraction of sp³-hybridized carbons (Fsp3) is 1.00. The van der Waals surface area contributed by atoms with E-state index in [9.17, 15) is 8.42 Å². The summed E-state index contributed by atoms with van der Waals surface area (Å²) in [5.74, 6) is 0. The molecule has 0 rings (SSSR count). The van der Waals surface area contributed by atoms with Gasteiger partial charge in [0.15, 0.2) is 0 Å². The van der Waals surface area contributed by atoms with Crippen molar-refractivity contribution < 1.29 is 17.2 Å². The smallest absolute Gasteiger partial charge is 0.264 e. The van der Waals surface area contributed by atoms with Gasteiger partial charge in [-0.05, 0) is 12.8 Å². The third-order valence-electron chi connectivity index (χ3n) is 3.34. The van der Waals surface area contributed by atoms with E-state index >= 15 is 0 Å². The lowest BCUT2D eigenvalue weighted by Gasteiger charge is -2.12. The third-order valence-corrected chi connectivity index (χ3v) is 3.86. The van der Waals surface area contributed by atoms with Crippen molar-refractivity contribution in [2.45, 2.75) is 90.6 Å². The lowest BCUT2D eigenvalue weighted by Crippen LogP contribution is -2.16. The van der Waals surface area contributed by atoms with Crippen molar-refractivity contribution >= 4 is 10.4 Å². The van der Waals surface area contributed by atoms with Gasteiger partial charge in [0, 0.05) is 0 Å². The summed E-state index contributed by atoms with van der Waals surface area (Å²) >= 11 is 0. The second kappa shape index (κ2) is 11.7. The minimum absolute atomic E-state index is 0.375. The molecule has 0 aliphatic rings. The fourth-order valence-corrected chi connectivity index (χ4v) is 2.75. The molecule has 0 saturated carbocycles. The Hall–Kier alpha value is -0.130. The minimum atomic E-state index is -4.30. The Morgan fingerprint density at radius 3 is 1.79 bits per heavy atom. The van der Waals surface area contributed by atoms with Crippen molar-refractivity contribution in [1.82, 2.24) is 0 Å². The van der Waals surface area contributed by atoms with Crippen LogP contribution in [0.4, 0.5) is 0 Å². The van der Waals surface area contributed by atoms with E-state index in [-0.39, 0.29) is 6.10 Å². The van der Waals surface area contributed by atoms with E-state index in [4.69, 9.17) is 4.55 Å². The SMILES string of the molecule is CCCCCCCCCCCC(CC)OS(=O)(=O)O. The molecule has 0 bridgehead atoms. The molecule has 1 atom stereocenters. The Morgan fingerprint density at radius 2 is 1.37 bits per heavy atom. The van der Waals surface area contributed by atoms with Crippen molar-refractivity contribution in [1.29, 1.82) is 0 Å². The molecule has 0 saturated heterocycles. The first-order valence-corrected chi connectivity index (χ1v) is 9.01. The van der Waals surface area contributed by atoms with E-state index in [1.54, 1.807) is 0 Å². The van der Waals surface area contributed by atoms with Crippen LogP contribution >= 0.6 is 0 Å². The van der Waals surface area contributed by atoms with Gasteiger partial charge in [-0.15, -0.1) is 0 Å². The summed E-state index contributed by atoms with van der Waals surface area (Å²) in [5.41, 5.74) is 0. The molecule has 4 nitrogen and oxygen atoms in total. The van der Waals surface area contributed by atoms with Crippen LogP contribution in [0.1, 0.15) is 84.5 Å². The second-order valence-corrected chi connectivity index (χ2v) is 6.22. The molecule has 1 unspecified atom stereocenters. The number of hydrogen-bond donors (Lipinski definition) is 1. The van der Waals surface area contributed by atoms with Gasteiger partial charge >= 0.3 is 10.4 Å². The Bertz CT molecular complexity index is 288. The van der Waals surface area contributed by atoms with Crippen molar-refractivity contribution in [3.8, 4) is 0 Å². The van der Waals surface area contributed by atoms with Crippen molar-refractivity contribution in [2.24, 2.45) is 0 Å². The molecule has 0 aromatic heterocycles. The van der Waals surface area contributed by atoms with Crippen LogP contribution in [0.15, 0.2) is 0 Å². The molecule has 0 aromatic carbocycles. The normalized spacial score (nSPS) is 13.6. The van der Waals surface area contributed by atoms with Gasteiger partial charge in [-0.1, -0.05) is 71.6 Å². The molecule has 0 aliphatic heterocycles. The van der Waals surface area contributed by atoms with Crippen LogP contribution < -0.4 is 0 Å². The van der Waals surface area contributed by atoms with Crippen LogP contribution in [0.5, 0.6) is 0 Å². The van der Waals surface area contributed by atoms with E-state index in [0.29, 0.717) is 12.8 Å². The highest BCUT2D eigenvalue weighted by atomic mass is 32.3. The molecule has 0 radical (unpaired) electrons. The zero-order valence-corrected chi connectivity index (χ0v) is 13.3. The minimum Gasteiger partial charge on any atom is -0.264 e. The first kappa shape index (κ1) is 18.9. The molecule has 0 aromatic rings. The predicted octanol–water partition coefficient (Wildman–Crippen LogP) is 4.51. The van der Waals surface area contributed by atoms with Gasteiger partial charge in [0.2, 0.25) is 0 Å². The molecule has 5 heteroatoms. The Morgan fingerprint density at radius 1 is 0.895 bits per heavy atom. The Kier molecular flexibility index (Phi) is 11.6. The van der Waals surface area contributed by atoms with E-state index in [2.05, 4.69) is 11.1 Å². The molecule has 1 N–H and O–H groups in total. The molecular weight excluding hydrogens is 264 g/mol. The van der Waals surface area contributed by atoms with Gasteiger partial charge in [-0.25, -0.2) is 4.18 Å². The second-order valence-electron chi connectivity index (χ2n) is 5.17. The molecule has 116 valence electrons. The topological polar surface area (TPSA) is 63.6 Å². The van der Waals surface area contributed by atoms with Gasteiger partial charge in [-0.2, -0.15) is 8.42 Å². The maximum atomic E-state index is 10.6. The first-order valence-electron chi connectivity index (χ1n) is 7.65. The summed E-state index contributed by atoms with van der Waals surface area (Å²) in [6.07, 6.45) is 12.1.